The normalized spacial score (nSPS) is 11.5. The van der Waals surface area contributed by atoms with Crippen LogP contribution >= 0.6 is 0 Å². The average Bonchev–Trinajstić information content (AvgIpc) is 3.35. The molecule has 0 aliphatic heterocycles. The molecule has 0 unspecified atom stereocenters. The molecule has 0 spiro atoms. The molecule has 1 amide bonds. The van der Waals surface area contributed by atoms with Crippen molar-refractivity contribution in [3.05, 3.63) is 82.7 Å². The molecule has 4 aromatic rings. The summed E-state index contributed by atoms with van der Waals surface area (Å²) in [6, 6.07) is 11.5. The molecular formula is C27H23F3N4O5. The van der Waals surface area contributed by atoms with Crippen LogP contribution in [0, 0.1) is 0 Å². The Balaban J connectivity index is 1.80. The van der Waals surface area contributed by atoms with E-state index < -0.39 is 29.7 Å². The first kappa shape index (κ1) is 27.3. The molecule has 0 aliphatic rings. The van der Waals surface area contributed by atoms with Gasteiger partial charge in [-0.05, 0) is 35.7 Å². The van der Waals surface area contributed by atoms with Crippen molar-refractivity contribution in [1.82, 2.24) is 14.6 Å². The van der Waals surface area contributed by atoms with E-state index in [4.69, 9.17) is 0 Å². The summed E-state index contributed by atoms with van der Waals surface area (Å²) in [5.41, 5.74) is -0.393. The molecular weight excluding hydrogens is 517 g/mol. The van der Waals surface area contributed by atoms with Gasteiger partial charge in [0.05, 0.1) is 37.2 Å². The molecule has 0 bridgehead atoms. The van der Waals surface area contributed by atoms with E-state index in [1.807, 2.05) is 13.8 Å². The van der Waals surface area contributed by atoms with Crippen LogP contribution in [0.15, 0.2) is 54.7 Å². The number of esters is 2. The second-order valence-corrected chi connectivity index (χ2v) is 8.83. The van der Waals surface area contributed by atoms with Crippen molar-refractivity contribution in [2.24, 2.45) is 0 Å². The maximum absolute atomic E-state index is 14.0. The van der Waals surface area contributed by atoms with Crippen LogP contribution in [0.25, 0.3) is 16.9 Å². The molecule has 2 aromatic carbocycles. The summed E-state index contributed by atoms with van der Waals surface area (Å²) in [6.45, 7) is 3.99. The van der Waals surface area contributed by atoms with Crippen molar-refractivity contribution in [3.8, 4) is 11.3 Å². The fourth-order valence-corrected chi connectivity index (χ4v) is 3.88. The lowest BCUT2D eigenvalue weighted by Crippen LogP contribution is -2.16. The molecule has 9 nitrogen and oxygen atoms in total. The van der Waals surface area contributed by atoms with Gasteiger partial charge < -0.3 is 14.8 Å². The SMILES string of the molecule is COC(=O)c1cc(NC(=O)c2cnn3c(C(F)(F)F)cc(-c4ccc(C(C)C)cc4)nc23)cc(C(=O)OC)c1. The highest BCUT2D eigenvalue weighted by Gasteiger charge is 2.36. The third kappa shape index (κ3) is 5.59. The summed E-state index contributed by atoms with van der Waals surface area (Å²) < 4.78 is 51.8. The molecule has 12 heteroatoms. The number of fused-ring (bicyclic) bond motifs is 1. The number of rotatable bonds is 6. The Morgan fingerprint density at radius 1 is 0.923 bits per heavy atom. The van der Waals surface area contributed by atoms with Crippen molar-refractivity contribution in [3.63, 3.8) is 0 Å². The second-order valence-electron chi connectivity index (χ2n) is 8.83. The average molecular weight is 540 g/mol. The minimum Gasteiger partial charge on any atom is -0.465 e. The van der Waals surface area contributed by atoms with E-state index in [0.717, 1.165) is 32.0 Å². The highest BCUT2D eigenvalue weighted by molar-refractivity contribution is 6.09. The van der Waals surface area contributed by atoms with Crippen LogP contribution in [0.5, 0.6) is 0 Å². The number of aromatic nitrogens is 3. The number of anilines is 1. The zero-order chi connectivity index (χ0) is 28.5. The topological polar surface area (TPSA) is 112 Å². The van der Waals surface area contributed by atoms with E-state index in [1.165, 1.54) is 18.2 Å². The van der Waals surface area contributed by atoms with Gasteiger partial charge in [-0.3, -0.25) is 4.79 Å². The standard InChI is InChI=1S/C27H23F3N4O5/c1-14(2)15-5-7-16(8-6-15)21-12-22(27(28,29)30)34-23(33-21)20(13-31-34)24(35)32-19-10-17(25(36)38-3)9-18(11-19)26(37)39-4/h5-14H,1-4H3,(H,32,35). The third-order valence-corrected chi connectivity index (χ3v) is 5.91. The van der Waals surface area contributed by atoms with E-state index in [9.17, 15) is 27.6 Å². The summed E-state index contributed by atoms with van der Waals surface area (Å²) in [4.78, 5) is 41.7. The fourth-order valence-electron chi connectivity index (χ4n) is 3.88. The molecule has 2 heterocycles. The zero-order valence-electron chi connectivity index (χ0n) is 21.3. The monoisotopic (exact) mass is 540 g/mol. The van der Waals surface area contributed by atoms with Crippen molar-refractivity contribution in [2.45, 2.75) is 25.9 Å². The van der Waals surface area contributed by atoms with E-state index in [2.05, 4.69) is 24.9 Å². The lowest BCUT2D eigenvalue weighted by Gasteiger charge is -2.13. The predicted octanol–water partition coefficient (Wildman–Crippen LogP) is 5.36. The molecule has 1 N–H and O–H groups in total. The Morgan fingerprint density at radius 3 is 2.03 bits per heavy atom. The molecule has 0 atom stereocenters. The number of nitrogens with one attached hydrogen (secondary N) is 1. The Kier molecular flexibility index (Phi) is 7.39. The number of carbonyl (C=O) groups is 3. The molecule has 0 radical (unpaired) electrons. The van der Waals surface area contributed by atoms with Gasteiger partial charge in [0.15, 0.2) is 11.3 Å². The smallest absolute Gasteiger partial charge is 0.433 e. The van der Waals surface area contributed by atoms with Crippen molar-refractivity contribution < 1.29 is 37.0 Å². The highest BCUT2D eigenvalue weighted by Crippen LogP contribution is 2.33. The van der Waals surface area contributed by atoms with Crippen LogP contribution in [-0.2, 0) is 15.7 Å². The number of nitrogens with zero attached hydrogens (tertiary/aromatic N) is 3. The van der Waals surface area contributed by atoms with Gasteiger partial charge in [0.1, 0.15) is 5.56 Å². The minimum absolute atomic E-state index is 0.000322. The molecule has 2 aromatic heterocycles. The number of alkyl halides is 3. The van der Waals surface area contributed by atoms with Gasteiger partial charge >= 0.3 is 18.1 Å². The molecule has 4 rings (SSSR count). The summed E-state index contributed by atoms with van der Waals surface area (Å²) >= 11 is 0. The number of hydrogen-bond donors (Lipinski definition) is 1. The van der Waals surface area contributed by atoms with Gasteiger partial charge in [0.25, 0.3) is 5.91 Å². The summed E-state index contributed by atoms with van der Waals surface area (Å²) in [5.74, 6) is -2.20. The van der Waals surface area contributed by atoms with Crippen LogP contribution in [0.3, 0.4) is 0 Å². The quantitative estimate of drug-likeness (QED) is 0.328. The molecule has 0 aliphatic carbocycles. The molecule has 202 valence electrons. The van der Waals surface area contributed by atoms with E-state index in [-0.39, 0.29) is 39.6 Å². The van der Waals surface area contributed by atoms with Gasteiger partial charge in [-0.15, -0.1) is 0 Å². The Hall–Kier alpha value is -4.74. The zero-order valence-corrected chi connectivity index (χ0v) is 21.3. The first-order valence-electron chi connectivity index (χ1n) is 11.6. The molecule has 39 heavy (non-hydrogen) atoms. The molecule has 0 saturated carbocycles. The van der Waals surface area contributed by atoms with Crippen LogP contribution in [0.2, 0.25) is 0 Å². The van der Waals surface area contributed by atoms with Gasteiger partial charge in [-0.2, -0.15) is 18.3 Å². The lowest BCUT2D eigenvalue weighted by molar-refractivity contribution is -0.142. The van der Waals surface area contributed by atoms with E-state index in [1.54, 1.807) is 24.3 Å². The summed E-state index contributed by atoms with van der Waals surface area (Å²) in [5, 5.41) is 6.25. The number of amides is 1. The number of benzene rings is 2. The predicted molar refractivity (Wildman–Crippen MR) is 135 cm³/mol. The largest absolute Gasteiger partial charge is 0.465 e. The summed E-state index contributed by atoms with van der Waals surface area (Å²) in [7, 11) is 2.28. The van der Waals surface area contributed by atoms with E-state index >= 15 is 0 Å². The molecule has 0 fully saturated rings. The van der Waals surface area contributed by atoms with Gasteiger partial charge in [0, 0.05) is 11.3 Å². The lowest BCUT2D eigenvalue weighted by atomic mass is 10.0. The molecule has 0 saturated heterocycles. The number of halogens is 3. The fraction of sp³-hybridized carbons (Fsp3) is 0.222. The Bertz CT molecular complexity index is 1540. The van der Waals surface area contributed by atoms with Crippen molar-refractivity contribution >= 4 is 29.2 Å². The van der Waals surface area contributed by atoms with Crippen molar-refractivity contribution in [2.75, 3.05) is 19.5 Å². The van der Waals surface area contributed by atoms with Crippen LogP contribution in [-0.4, -0.2) is 46.7 Å². The van der Waals surface area contributed by atoms with Crippen molar-refractivity contribution in [1.29, 1.82) is 0 Å². The van der Waals surface area contributed by atoms with Gasteiger partial charge in [0.2, 0.25) is 0 Å². The Labute approximate surface area is 220 Å². The van der Waals surface area contributed by atoms with Gasteiger partial charge in [-0.25, -0.2) is 19.1 Å². The number of methoxy groups -OCH3 is 2. The van der Waals surface area contributed by atoms with E-state index in [0.29, 0.717) is 10.1 Å². The second kappa shape index (κ2) is 10.6. The summed E-state index contributed by atoms with van der Waals surface area (Å²) in [6.07, 6.45) is -3.83. The number of hydrogen-bond acceptors (Lipinski definition) is 7. The number of carbonyl (C=O) groups excluding carboxylic acids is 3. The van der Waals surface area contributed by atoms with Crippen LogP contribution < -0.4 is 5.32 Å². The first-order valence-corrected chi connectivity index (χ1v) is 11.6. The Morgan fingerprint density at radius 2 is 1.51 bits per heavy atom. The van der Waals surface area contributed by atoms with Gasteiger partial charge in [-0.1, -0.05) is 38.1 Å². The highest BCUT2D eigenvalue weighted by atomic mass is 19.4. The number of ether oxygens (including phenoxy) is 2. The third-order valence-electron chi connectivity index (χ3n) is 5.91. The first-order chi connectivity index (χ1) is 18.4. The maximum Gasteiger partial charge on any atom is 0.433 e. The maximum atomic E-state index is 14.0. The minimum atomic E-state index is -4.79. The van der Waals surface area contributed by atoms with Crippen LogP contribution in [0.4, 0.5) is 18.9 Å². The van der Waals surface area contributed by atoms with Crippen LogP contribution in [0.1, 0.15) is 62.1 Å².